The van der Waals surface area contributed by atoms with Gasteiger partial charge in [-0.2, -0.15) is 0 Å². The van der Waals surface area contributed by atoms with E-state index >= 15 is 0 Å². The van der Waals surface area contributed by atoms with Crippen LogP contribution in [0.4, 0.5) is 0 Å². The second-order valence-corrected chi connectivity index (χ2v) is 4.52. The van der Waals surface area contributed by atoms with Gasteiger partial charge in [-0.1, -0.05) is 35.9 Å². The van der Waals surface area contributed by atoms with Crippen LogP contribution in [-0.4, -0.2) is 5.11 Å². The van der Waals surface area contributed by atoms with Gasteiger partial charge < -0.3 is 9.52 Å². The summed E-state index contributed by atoms with van der Waals surface area (Å²) >= 11 is 6.07. The summed E-state index contributed by atoms with van der Waals surface area (Å²) in [5.41, 5.74) is 1.56. The average molecular weight is 273 g/mol. The zero-order chi connectivity index (χ0) is 13.4. The first-order chi connectivity index (χ1) is 9.15. The van der Waals surface area contributed by atoms with Crippen LogP contribution in [0.25, 0.3) is 22.1 Å². The van der Waals surface area contributed by atoms with Crippen LogP contribution < -0.4 is 5.63 Å². The quantitative estimate of drug-likeness (QED) is 0.685. The summed E-state index contributed by atoms with van der Waals surface area (Å²) in [6, 6.07) is 13.5. The summed E-state index contributed by atoms with van der Waals surface area (Å²) in [5.74, 6) is 0.0220. The van der Waals surface area contributed by atoms with Gasteiger partial charge in [0.05, 0.1) is 5.02 Å². The molecule has 0 unspecified atom stereocenters. The fraction of sp³-hybridized carbons (Fsp3) is 0. The van der Waals surface area contributed by atoms with Crippen LogP contribution in [0.1, 0.15) is 0 Å². The molecule has 0 fully saturated rings. The van der Waals surface area contributed by atoms with E-state index in [1.54, 1.807) is 24.3 Å². The first-order valence-electron chi connectivity index (χ1n) is 5.67. The average Bonchev–Trinajstić information content (AvgIpc) is 2.41. The van der Waals surface area contributed by atoms with Crippen LogP contribution in [0.3, 0.4) is 0 Å². The van der Waals surface area contributed by atoms with Crippen LogP contribution in [0.15, 0.2) is 57.7 Å². The van der Waals surface area contributed by atoms with Crippen molar-refractivity contribution in [3.63, 3.8) is 0 Å². The number of benzene rings is 2. The van der Waals surface area contributed by atoms with Crippen molar-refractivity contribution in [1.82, 2.24) is 0 Å². The van der Waals surface area contributed by atoms with E-state index in [4.69, 9.17) is 16.0 Å². The Morgan fingerprint density at radius 2 is 1.84 bits per heavy atom. The molecule has 0 saturated heterocycles. The van der Waals surface area contributed by atoms with E-state index in [-0.39, 0.29) is 10.8 Å². The zero-order valence-corrected chi connectivity index (χ0v) is 10.5. The molecule has 0 radical (unpaired) electrons. The Hall–Kier alpha value is -2.26. The third-order valence-electron chi connectivity index (χ3n) is 2.91. The Balaban J connectivity index is 2.25. The molecule has 0 saturated carbocycles. The topological polar surface area (TPSA) is 50.4 Å². The normalized spacial score (nSPS) is 10.8. The number of fused-ring (bicyclic) bond motifs is 1. The highest BCUT2D eigenvalue weighted by Crippen LogP contribution is 2.35. The molecule has 94 valence electrons. The summed E-state index contributed by atoms with van der Waals surface area (Å²) in [7, 11) is 0. The lowest BCUT2D eigenvalue weighted by Gasteiger charge is -2.06. The van der Waals surface area contributed by atoms with Crippen LogP contribution in [0.2, 0.25) is 5.02 Å². The molecule has 1 heterocycles. The van der Waals surface area contributed by atoms with Gasteiger partial charge in [0.2, 0.25) is 0 Å². The highest BCUT2D eigenvalue weighted by molar-refractivity contribution is 6.34. The highest BCUT2D eigenvalue weighted by atomic mass is 35.5. The molecule has 1 N–H and O–H groups in total. The molecule has 3 nitrogen and oxygen atoms in total. The Bertz CT molecular complexity index is 821. The monoisotopic (exact) mass is 272 g/mol. The van der Waals surface area contributed by atoms with Crippen LogP contribution in [0.5, 0.6) is 5.75 Å². The number of hydrogen-bond acceptors (Lipinski definition) is 3. The number of phenols is 1. The van der Waals surface area contributed by atoms with Crippen molar-refractivity contribution in [2.45, 2.75) is 0 Å². The number of hydrogen-bond donors (Lipinski definition) is 1. The molecular weight excluding hydrogens is 264 g/mol. The molecular formula is C15H9ClO3. The summed E-state index contributed by atoms with van der Waals surface area (Å²) in [6.07, 6.45) is 0. The van der Waals surface area contributed by atoms with E-state index < -0.39 is 5.63 Å². The fourth-order valence-corrected chi connectivity index (χ4v) is 2.21. The summed E-state index contributed by atoms with van der Waals surface area (Å²) < 4.78 is 5.13. The van der Waals surface area contributed by atoms with Crippen molar-refractivity contribution < 1.29 is 9.52 Å². The van der Waals surface area contributed by atoms with E-state index in [2.05, 4.69) is 0 Å². The molecule has 0 atom stereocenters. The fourth-order valence-electron chi connectivity index (χ4n) is 1.97. The van der Waals surface area contributed by atoms with Gasteiger partial charge >= 0.3 is 5.63 Å². The minimum Gasteiger partial charge on any atom is -0.506 e. The standard InChI is InChI=1S/C15H9ClO3/c16-15-11(2-1-3-12(15)17)10-5-4-9-6-7-14(18)19-13(9)8-10/h1-8,17H. The Kier molecular flexibility index (Phi) is 2.76. The van der Waals surface area contributed by atoms with Gasteiger partial charge in [0, 0.05) is 17.0 Å². The van der Waals surface area contributed by atoms with Gasteiger partial charge in [0.25, 0.3) is 0 Å². The van der Waals surface area contributed by atoms with Gasteiger partial charge in [-0.15, -0.1) is 0 Å². The second-order valence-electron chi connectivity index (χ2n) is 4.15. The Morgan fingerprint density at radius 3 is 2.68 bits per heavy atom. The van der Waals surface area contributed by atoms with E-state index in [1.165, 1.54) is 12.1 Å². The molecule has 0 spiro atoms. The van der Waals surface area contributed by atoms with E-state index in [0.29, 0.717) is 11.1 Å². The van der Waals surface area contributed by atoms with E-state index in [9.17, 15) is 9.90 Å². The van der Waals surface area contributed by atoms with Gasteiger partial charge in [-0.25, -0.2) is 4.79 Å². The lowest BCUT2D eigenvalue weighted by atomic mass is 10.0. The molecule has 1 aromatic heterocycles. The Morgan fingerprint density at radius 1 is 1.05 bits per heavy atom. The zero-order valence-electron chi connectivity index (χ0n) is 9.76. The summed E-state index contributed by atoms with van der Waals surface area (Å²) in [6.45, 7) is 0. The molecule has 0 bridgehead atoms. The smallest absolute Gasteiger partial charge is 0.336 e. The van der Waals surface area contributed by atoms with Crippen LogP contribution in [-0.2, 0) is 0 Å². The largest absolute Gasteiger partial charge is 0.506 e. The SMILES string of the molecule is O=c1ccc2ccc(-c3cccc(O)c3Cl)cc2o1. The first-order valence-corrected chi connectivity index (χ1v) is 6.05. The molecule has 19 heavy (non-hydrogen) atoms. The lowest BCUT2D eigenvalue weighted by Crippen LogP contribution is -1.94. The summed E-state index contributed by atoms with van der Waals surface area (Å²) in [4.78, 5) is 11.2. The third kappa shape index (κ3) is 2.09. The van der Waals surface area contributed by atoms with Crippen molar-refractivity contribution in [1.29, 1.82) is 0 Å². The third-order valence-corrected chi connectivity index (χ3v) is 3.31. The van der Waals surface area contributed by atoms with Gasteiger partial charge in [0.1, 0.15) is 11.3 Å². The molecule has 0 amide bonds. The van der Waals surface area contributed by atoms with Crippen LogP contribution >= 0.6 is 11.6 Å². The maximum atomic E-state index is 11.2. The van der Waals surface area contributed by atoms with Crippen molar-refractivity contribution in [3.05, 3.63) is 64.0 Å². The number of aromatic hydroxyl groups is 1. The number of rotatable bonds is 1. The van der Waals surface area contributed by atoms with Gasteiger partial charge in [-0.05, 0) is 23.8 Å². The molecule has 3 rings (SSSR count). The van der Waals surface area contributed by atoms with Crippen molar-refractivity contribution in [3.8, 4) is 16.9 Å². The number of halogens is 1. The molecule has 0 aliphatic heterocycles. The molecule has 0 aliphatic rings. The van der Waals surface area contributed by atoms with Crippen molar-refractivity contribution in [2.75, 3.05) is 0 Å². The van der Waals surface area contributed by atoms with E-state index in [1.807, 2.05) is 12.1 Å². The van der Waals surface area contributed by atoms with Crippen LogP contribution in [0, 0.1) is 0 Å². The highest BCUT2D eigenvalue weighted by Gasteiger charge is 2.08. The first kappa shape index (κ1) is 11.8. The van der Waals surface area contributed by atoms with Gasteiger partial charge in [0.15, 0.2) is 0 Å². The van der Waals surface area contributed by atoms with E-state index in [0.717, 1.165) is 10.9 Å². The van der Waals surface area contributed by atoms with Crippen molar-refractivity contribution in [2.24, 2.45) is 0 Å². The van der Waals surface area contributed by atoms with Gasteiger partial charge in [-0.3, -0.25) is 0 Å². The predicted octanol–water partition coefficient (Wildman–Crippen LogP) is 3.82. The maximum absolute atomic E-state index is 11.2. The summed E-state index contributed by atoms with van der Waals surface area (Å²) in [5, 5.41) is 10.7. The predicted molar refractivity (Wildman–Crippen MR) is 74.6 cm³/mol. The molecule has 2 aromatic carbocycles. The maximum Gasteiger partial charge on any atom is 0.336 e. The Labute approximate surface area is 113 Å². The lowest BCUT2D eigenvalue weighted by molar-refractivity contribution is 0.476. The number of phenolic OH excluding ortho intramolecular Hbond substituents is 1. The molecule has 4 heteroatoms. The second kappa shape index (κ2) is 4.44. The molecule has 0 aliphatic carbocycles. The molecule has 3 aromatic rings. The minimum absolute atomic E-state index is 0.0220. The minimum atomic E-state index is -0.397. The van der Waals surface area contributed by atoms with Crippen molar-refractivity contribution >= 4 is 22.6 Å².